The first-order valence-electron chi connectivity index (χ1n) is 7.02. The molecule has 1 amide bonds. The van der Waals surface area contributed by atoms with Gasteiger partial charge in [0.25, 0.3) is 0 Å². The number of carbonyl (C=O) groups excluding carboxylic acids is 1. The Hall–Kier alpha value is -2.75. The van der Waals surface area contributed by atoms with Crippen molar-refractivity contribution in [1.29, 1.82) is 5.26 Å². The molecule has 0 unspecified atom stereocenters. The molecule has 1 saturated carbocycles. The van der Waals surface area contributed by atoms with Crippen LogP contribution < -0.4 is 5.32 Å². The number of benzene rings is 1. The molecule has 1 aliphatic carbocycles. The van der Waals surface area contributed by atoms with Crippen LogP contribution in [0.4, 0.5) is 10.1 Å². The number of rotatable bonds is 3. The van der Waals surface area contributed by atoms with Crippen LogP contribution in [0.25, 0.3) is 5.69 Å². The highest BCUT2D eigenvalue weighted by molar-refractivity contribution is 5.97. The number of nitrogens with one attached hydrogen (secondary N) is 1. The van der Waals surface area contributed by atoms with E-state index >= 15 is 0 Å². The lowest BCUT2D eigenvalue weighted by molar-refractivity contribution is -0.122. The Morgan fingerprint density at radius 2 is 2.18 bits per heavy atom. The van der Waals surface area contributed by atoms with Crippen LogP contribution in [0, 0.1) is 22.6 Å². The summed E-state index contributed by atoms with van der Waals surface area (Å²) in [4.78, 5) is 16.1. The average molecular weight is 299 g/mol. The van der Waals surface area contributed by atoms with Crippen molar-refractivity contribution in [3.8, 4) is 11.8 Å². The summed E-state index contributed by atoms with van der Waals surface area (Å²) in [7, 11) is 0. The van der Waals surface area contributed by atoms with Crippen LogP contribution in [0.5, 0.6) is 0 Å². The summed E-state index contributed by atoms with van der Waals surface area (Å²) in [5.41, 5.74) is -0.416. The summed E-state index contributed by atoms with van der Waals surface area (Å²) in [6, 6.07) is 6.42. The Kier molecular flexibility index (Phi) is 3.59. The van der Waals surface area contributed by atoms with E-state index in [4.69, 9.17) is 0 Å². The fraction of sp³-hybridized carbons (Fsp3) is 0.333. The van der Waals surface area contributed by atoms with Crippen LogP contribution in [0.3, 0.4) is 0 Å². The Labute approximate surface area is 126 Å². The lowest BCUT2D eigenvalue weighted by Crippen LogP contribution is -2.32. The fourth-order valence-corrected chi connectivity index (χ4v) is 2.72. The van der Waals surface area contributed by atoms with Gasteiger partial charge in [0.2, 0.25) is 5.91 Å². The molecular weight excluding hydrogens is 285 g/mol. The van der Waals surface area contributed by atoms with Crippen molar-refractivity contribution in [2.24, 2.45) is 5.41 Å². The Morgan fingerprint density at radius 1 is 1.41 bits per heavy atom. The lowest BCUT2D eigenvalue weighted by atomic mass is 9.87. The molecule has 1 heterocycles. The first kappa shape index (κ1) is 14.2. The van der Waals surface area contributed by atoms with Gasteiger partial charge >= 0.3 is 0 Å². The molecule has 22 heavy (non-hydrogen) atoms. The number of carbonyl (C=O) groups is 1. The number of halogens is 1. The third kappa shape index (κ3) is 2.44. The summed E-state index contributed by atoms with van der Waals surface area (Å²) in [6.07, 6.45) is 5.52. The Bertz CT molecular complexity index is 729. The minimum Gasteiger partial charge on any atom is -0.325 e. The monoisotopic (exact) mass is 299 g/mol. The lowest BCUT2D eigenvalue weighted by Gasteiger charge is -2.19. The quantitative estimate of drug-likeness (QED) is 0.943. The maximum Gasteiger partial charge on any atom is 0.244 e. The molecule has 3 rings (SSSR count). The van der Waals surface area contributed by atoms with E-state index in [1.165, 1.54) is 29.5 Å². The zero-order valence-corrected chi connectivity index (χ0v) is 11.8. The fourth-order valence-electron chi connectivity index (χ4n) is 2.72. The van der Waals surface area contributed by atoms with Gasteiger partial charge in [-0.2, -0.15) is 10.4 Å². The maximum absolute atomic E-state index is 14.1. The normalized spacial score (nSPS) is 16.2. The van der Waals surface area contributed by atoms with Crippen molar-refractivity contribution in [2.75, 3.05) is 5.32 Å². The van der Waals surface area contributed by atoms with Crippen LogP contribution in [0.2, 0.25) is 0 Å². The molecule has 0 atom stereocenters. The predicted molar refractivity (Wildman–Crippen MR) is 76.5 cm³/mol. The number of amides is 1. The minimum absolute atomic E-state index is 0.242. The summed E-state index contributed by atoms with van der Waals surface area (Å²) >= 11 is 0. The van der Waals surface area contributed by atoms with Crippen LogP contribution in [0.15, 0.2) is 30.9 Å². The van der Waals surface area contributed by atoms with Crippen molar-refractivity contribution in [3.63, 3.8) is 0 Å². The smallest absolute Gasteiger partial charge is 0.244 e. The van der Waals surface area contributed by atoms with E-state index in [0.717, 1.165) is 12.8 Å². The zero-order valence-electron chi connectivity index (χ0n) is 11.8. The molecule has 112 valence electrons. The Balaban J connectivity index is 1.81. The van der Waals surface area contributed by atoms with Crippen molar-refractivity contribution < 1.29 is 9.18 Å². The molecule has 0 aliphatic heterocycles. The van der Waals surface area contributed by atoms with Gasteiger partial charge in [0, 0.05) is 5.69 Å². The van der Waals surface area contributed by atoms with Gasteiger partial charge in [-0.1, -0.05) is 12.8 Å². The highest BCUT2D eigenvalue weighted by Crippen LogP contribution is 2.38. The second-order valence-corrected chi connectivity index (χ2v) is 5.36. The number of nitrogens with zero attached hydrogens (tertiary/aromatic N) is 4. The highest BCUT2D eigenvalue weighted by Gasteiger charge is 2.41. The zero-order chi connectivity index (χ0) is 15.6. The maximum atomic E-state index is 14.1. The predicted octanol–water partition coefficient (Wildman–Crippen LogP) is 2.43. The molecule has 1 fully saturated rings. The summed E-state index contributed by atoms with van der Waals surface area (Å²) in [6.45, 7) is 0. The third-order valence-corrected chi connectivity index (χ3v) is 3.98. The van der Waals surface area contributed by atoms with E-state index < -0.39 is 11.2 Å². The van der Waals surface area contributed by atoms with E-state index in [1.54, 1.807) is 6.07 Å². The van der Waals surface area contributed by atoms with Crippen LogP contribution >= 0.6 is 0 Å². The van der Waals surface area contributed by atoms with Gasteiger partial charge in [-0.3, -0.25) is 4.79 Å². The van der Waals surface area contributed by atoms with E-state index in [2.05, 4.69) is 21.5 Å². The van der Waals surface area contributed by atoms with Crippen LogP contribution in [-0.4, -0.2) is 20.7 Å². The molecule has 1 N–H and O–H groups in total. The van der Waals surface area contributed by atoms with Gasteiger partial charge in [0.05, 0.1) is 6.07 Å². The molecule has 7 heteroatoms. The second kappa shape index (κ2) is 5.56. The average Bonchev–Trinajstić information content (AvgIpc) is 3.19. The van der Waals surface area contributed by atoms with Crippen molar-refractivity contribution >= 4 is 11.6 Å². The first-order valence-corrected chi connectivity index (χ1v) is 7.02. The molecule has 1 aromatic carbocycles. The van der Waals surface area contributed by atoms with Crippen molar-refractivity contribution in [2.45, 2.75) is 25.7 Å². The van der Waals surface area contributed by atoms with Gasteiger partial charge in [0.1, 0.15) is 23.8 Å². The molecule has 1 aliphatic rings. The number of nitriles is 1. The summed E-state index contributed by atoms with van der Waals surface area (Å²) in [5.74, 6) is -0.888. The molecule has 1 aromatic heterocycles. The van der Waals surface area contributed by atoms with Crippen LogP contribution in [0.1, 0.15) is 25.7 Å². The molecular formula is C15H14FN5O. The standard InChI is InChI=1S/C15H14FN5O/c16-12-7-11(3-4-13(12)21-10-18-9-19-21)20-14(22)15(8-17)5-1-2-6-15/h3-4,7,9-10H,1-2,5-6H2,(H,20,22). The van der Waals surface area contributed by atoms with Gasteiger partial charge in [-0.05, 0) is 31.0 Å². The molecule has 2 aromatic rings. The third-order valence-electron chi connectivity index (χ3n) is 3.98. The summed E-state index contributed by atoms with van der Waals surface area (Å²) in [5, 5.41) is 15.8. The SMILES string of the molecule is N#CC1(C(=O)Nc2ccc(-n3cncn3)c(F)c2)CCCC1. The molecule has 0 bridgehead atoms. The van der Waals surface area contributed by atoms with Gasteiger partial charge < -0.3 is 5.32 Å². The Morgan fingerprint density at radius 3 is 2.77 bits per heavy atom. The summed E-state index contributed by atoms with van der Waals surface area (Å²) < 4.78 is 15.4. The van der Waals surface area contributed by atoms with Crippen molar-refractivity contribution in [1.82, 2.24) is 14.8 Å². The van der Waals surface area contributed by atoms with Crippen LogP contribution in [-0.2, 0) is 4.79 Å². The largest absolute Gasteiger partial charge is 0.325 e. The number of aromatic nitrogens is 3. The van der Waals surface area contributed by atoms with Crippen molar-refractivity contribution in [3.05, 3.63) is 36.7 Å². The van der Waals surface area contributed by atoms with Gasteiger partial charge in [-0.25, -0.2) is 14.1 Å². The topological polar surface area (TPSA) is 83.6 Å². The minimum atomic E-state index is -0.985. The molecule has 6 nitrogen and oxygen atoms in total. The van der Waals surface area contributed by atoms with E-state index in [9.17, 15) is 14.4 Å². The highest BCUT2D eigenvalue weighted by atomic mass is 19.1. The number of hydrogen-bond donors (Lipinski definition) is 1. The first-order chi connectivity index (χ1) is 10.6. The second-order valence-electron chi connectivity index (χ2n) is 5.36. The van der Waals surface area contributed by atoms with Gasteiger partial charge in [-0.15, -0.1) is 0 Å². The number of hydrogen-bond acceptors (Lipinski definition) is 4. The molecule has 0 radical (unpaired) electrons. The van der Waals surface area contributed by atoms with E-state index in [-0.39, 0.29) is 11.6 Å². The van der Waals surface area contributed by atoms with E-state index in [1.807, 2.05) is 0 Å². The molecule has 0 spiro atoms. The number of anilines is 1. The van der Waals surface area contributed by atoms with E-state index in [0.29, 0.717) is 18.5 Å². The van der Waals surface area contributed by atoms with Gasteiger partial charge in [0.15, 0.2) is 5.82 Å². The molecule has 0 saturated heterocycles.